The van der Waals surface area contributed by atoms with Crippen LogP contribution >= 0.6 is 0 Å². The molecule has 7 nitrogen and oxygen atoms in total. The van der Waals surface area contributed by atoms with Crippen LogP contribution in [0.2, 0.25) is 0 Å². The highest BCUT2D eigenvalue weighted by atomic mass is 32.2. The van der Waals surface area contributed by atoms with Crippen molar-refractivity contribution in [3.63, 3.8) is 0 Å². The van der Waals surface area contributed by atoms with Gasteiger partial charge in [-0.25, -0.2) is 13.4 Å². The van der Waals surface area contributed by atoms with Crippen LogP contribution < -0.4 is 0 Å². The van der Waals surface area contributed by atoms with E-state index in [0.29, 0.717) is 25.6 Å². The standard InChI is InChI=1S/C21H37N3O4S/c1-28-14-12-24-20(16-23-10-7-18(8-11-23)9-13-25)15-22-21(24)29(26,27)17-19-5-3-2-4-6-19/h15,18-19,25H,2-14,16-17H2,1H3. The number of sulfone groups is 1. The van der Waals surface area contributed by atoms with E-state index >= 15 is 0 Å². The van der Waals surface area contributed by atoms with Crippen molar-refractivity contribution in [1.82, 2.24) is 14.5 Å². The van der Waals surface area contributed by atoms with Gasteiger partial charge in [0.1, 0.15) is 0 Å². The second kappa shape index (κ2) is 10.9. The first-order valence-corrected chi connectivity index (χ1v) is 12.8. The fraction of sp³-hybridized carbons (Fsp3) is 0.857. The summed E-state index contributed by atoms with van der Waals surface area (Å²) in [6, 6.07) is 0. The number of hydrogen-bond donors (Lipinski definition) is 1. The van der Waals surface area contributed by atoms with E-state index in [9.17, 15) is 8.42 Å². The topological polar surface area (TPSA) is 84.7 Å². The number of piperidine rings is 1. The Morgan fingerprint density at radius 1 is 1.14 bits per heavy atom. The molecule has 1 aliphatic heterocycles. The van der Waals surface area contributed by atoms with Crippen molar-refractivity contribution in [2.45, 2.75) is 69.6 Å². The first kappa shape index (κ1) is 22.7. The molecule has 0 spiro atoms. The Morgan fingerprint density at radius 3 is 2.52 bits per heavy atom. The maximum atomic E-state index is 13.1. The summed E-state index contributed by atoms with van der Waals surface area (Å²) in [5, 5.41) is 9.35. The zero-order valence-electron chi connectivity index (χ0n) is 17.8. The molecule has 1 saturated carbocycles. The molecule has 2 heterocycles. The van der Waals surface area contributed by atoms with E-state index in [1.807, 2.05) is 4.57 Å². The molecule has 0 aromatic carbocycles. The highest BCUT2D eigenvalue weighted by molar-refractivity contribution is 7.91. The Morgan fingerprint density at radius 2 is 1.86 bits per heavy atom. The van der Waals surface area contributed by atoms with Crippen molar-refractivity contribution in [3.8, 4) is 0 Å². The smallest absolute Gasteiger partial charge is 0.227 e. The number of imidazole rings is 1. The number of likely N-dealkylation sites (tertiary alicyclic amines) is 1. The highest BCUT2D eigenvalue weighted by Crippen LogP contribution is 2.28. The van der Waals surface area contributed by atoms with Crippen LogP contribution in [0, 0.1) is 11.8 Å². The quantitative estimate of drug-likeness (QED) is 0.617. The molecular weight excluding hydrogens is 390 g/mol. The van der Waals surface area contributed by atoms with Crippen LogP contribution in [-0.2, 0) is 27.7 Å². The molecular formula is C21H37N3O4S. The van der Waals surface area contributed by atoms with Gasteiger partial charge >= 0.3 is 0 Å². The Bertz CT molecular complexity index is 720. The Kier molecular flexibility index (Phi) is 8.53. The second-order valence-electron chi connectivity index (χ2n) is 8.69. The predicted molar refractivity (Wildman–Crippen MR) is 112 cm³/mol. The van der Waals surface area contributed by atoms with Crippen molar-refractivity contribution < 1.29 is 18.3 Å². The largest absolute Gasteiger partial charge is 0.396 e. The lowest BCUT2D eigenvalue weighted by Crippen LogP contribution is -2.34. The molecule has 1 aromatic rings. The molecule has 0 radical (unpaired) electrons. The normalized spacial score (nSPS) is 20.3. The molecule has 0 unspecified atom stereocenters. The van der Waals surface area contributed by atoms with E-state index in [0.717, 1.165) is 63.7 Å². The summed E-state index contributed by atoms with van der Waals surface area (Å²) in [5.74, 6) is 1.07. The van der Waals surface area contributed by atoms with E-state index in [-0.39, 0.29) is 23.4 Å². The molecule has 1 N–H and O–H groups in total. The third kappa shape index (κ3) is 6.26. The number of nitrogens with zero attached hydrogens (tertiary/aromatic N) is 3. The third-order valence-electron chi connectivity index (χ3n) is 6.51. The van der Waals surface area contributed by atoms with Gasteiger partial charge in [-0.05, 0) is 57.0 Å². The lowest BCUT2D eigenvalue weighted by atomic mass is 9.91. The molecule has 0 amide bonds. The lowest BCUT2D eigenvalue weighted by Gasteiger charge is -2.31. The van der Waals surface area contributed by atoms with Crippen LogP contribution in [0.3, 0.4) is 0 Å². The van der Waals surface area contributed by atoms with Crippen LogP contribution in [0.15, 0.2) is 11.4 Å². The van der Waals surface area contributed by atoms with Gasteiger partial charge in [0.2, 0.25) is 15.0 Å². The molecule has 3 rings (SSSR count). The summed E-state index contributed by atoms with van der Waals surface area (Å²) in [6.07, 6.45) is 10.3. The summed E-state index contributed by atoms with van der Waals surface area (Å²) >= 11 is 0. The molecule has 1 aromatic heterocycles. The van der Waals surface area contributed by atoms with Crippen molar-refractivity contribution >= 4 is 9.84 Å². The predicted octanol–water partition coefficient (Wildman–Crippen LogP) is 2.48. The zero-order valence-corrected chi connectivity index (χ0v) is 18.6. The molecule has 166 valence electrons. The fourth-order valence-corrected chi connectivity index (χ4v) is 6.63. The van der Waals surface area contributed by atoms with Crippen molar-refractivity contribution in [1.29, 1.82) is 0 Å². The van der Waals surface area contributed by atoms with Gasteiger partial charge in [-0.3, -0.25) is 4.90 Å². The molecule has 1 aliphatic carbocycles. The molecule has 0 bridgehead atoms. The minimum Gasteiger partial charge on any atom is -0.396 e. The van der Waals surface area contributed by atoms with E-state index in [2.05, 4.69) is 9.88 Å². The van der Waals surface area contributed by atoms with E-state index in [4.69, 9.17) is 9.84 Å². The summed E-state index contributed by atoms with van der Waals surface area (Å²) in [5.41, 5.74) is 0.949. The number of aromatic nitrogens is 2. The molecule has 29 heavy (non-hydrogen) atoms. The molecule has 0 atom stereocenters. The Labute approximate surface area is 175 Å². The van der Waals surface area contributed by atoms with Gasteiger partial charge in [-0.15, -0.1) is 0 Å². The SMILES string of the molecule is COCCn1c(CN2CCC(CCO)CC2)cnc1S(=O)(=O)CC1CCCCC1. The molecule has 1 saturated heterocycles. The minimum atomic E-state index is -3.41. The van der Waals surface area contributed by atoms with Gasteiger partial charge in [0.15, 0.2) is 0 Å². The van der Waals surface area contributed by atoms with Crippen LogP contribution in [0.1, 0.15) is 57.1 Å². The Hall–Kier alpha value is -0.960. The Balaban J connectivity index is 1.70. The maximum Gasteiger partial charge on any atom is 0.227 e. The summed E-state index contributed by atoms with van der Waals surface area (Å²) in [4.78, 5) is 6.74. The van der Waals surface area contributed by atoms with E-state index in [1.54, 1.807) is 13.3 Å². The average molecular weight is 428 g/mol. The van der Waals surface area contributed by atoms with Gasteiger partial charge < -0.3 is 14.4 Å². The molecule has 2 fully saturated rings. The summed E-state index contributed by atoms with van der Waals surface area (Å²) in [7, 11) is -1.77. The zero-order chi connectivity index (χ0) is 20.7. The van der Waals surface area contributed by atoms with E-state index in [1.165, 1.54) is 6.42 Å². The van der Waals surface area contributed by atoms with Crippen LogP contribution in [0.5, 0.6) is 0 Å². The molecule has 2 aliphatic rings. The minimum absolute atomic E-state index is 0.211. The first-order chi connectivity index (χ1) is 14.0. The van der Waals surface area contributed by atoms with Gasteiger partial charge in [0, 0.05) is 26.8 Å². The number of hydrogen-bond acceptors (Lipinski definition) is 6. The van der Waals surface area contributed by atoms with E-state index < -0.39 is 9.84 Å². The molecule has 8 heteroatoms. The number of ether oxygens (including phenoxy) is 1. The number of rotatable bonds is 10. The van der Waals surface area contributed by atoms with Crippen LogP contribution in [0.4, 0.5) is 0 Å². The highest BCUT2D eigenvalue weighted by Gasteiger charge is 2.29. The van der Waals surface area contributed by atoms with Gasteiger partial charge in [0.05, 0.1) is 24.3 Å². The lowest BCUT2D eigenvalue weighted by molar-refractivity contribution is 0.148. The fourth-order valence-electron chi connectivity index (χ4n) is 4.77. The van der Waals surface area contributed by atoms with Crippen LogP contribution in [-0.4, -0.2) is 67.1 Å². The third-order valence-corrected chi connectivity index (χ3v) is 8.30. The average Bonchev–Trinajstić information content (AvgIpc) is 3.12. The summed E-state index contributed by atoms with van der Waals surface area (Å²) in [6.45, 7) is 3.90. The van der Waals surface area contributed by atoms with Crippen molar-refractivity contribution in [2.75, 3.05) is 39.2 Å². The van der Waals surface area contributed by atoms with Crippen molar-refractivity contribution in [2.24, 2.45) is 11.8 Å². The summed E-state index contributed by atoms with van der Waals surface area (Å²) < 4.78 is 33.4. The van der Waals surface area contributed by atoms with Gasteiger partial charge in [-0.2, -0.15) is 0 Å². The first-order valence-electron chi connectivity index (χ1n) is 11.1. The van der Waals surface area contributed by atoms with Gasteiger partial charge in [-0.1, -0.05) is 19.3 Å². The number of aliphatic hydroxyl groups is 1. The number of methoxy groups -OCH3 is 1. The second-order valence-corrected chi connectivity index (χ2v) is 10.6. The van der Waals surface area contributed by atoms with Crippen molar-refractivity contribution in [3.05, 3.63) is 11.9 Å². The number of aliphatic hydroxyl groups excluding tert-OH is 1. The monoisotopic (exact) mass is 427 g/mol. The van der Waals surface area contributed by atoms with Crippen LogP contribution in [0.25, 0.3) is 0 Å². The maximum absolute atomic E-state index is 13.1. The van der Waals surface area contributed by atoms with Gasteiger partial charge in [0.25, 0.3) is 0 Å².